The van der Waals surface area contributed by atoms with Crippen LogP contribution in [0.25, 0.3) is 10.2 Å². The number of hydrogen-bond acceptors (Lipinski definition) is 4. The summed E-state index contributed by atoms with van der Waals surface area (Å²) in [5.41, 5.74) is 0.967. The van der Waals surface area contributed by atoms with Gasteiger partial charge in [0.15, 0.2) is 5.16 Å². The Labute approximate surface area is 83.2 Å². The summed E-state index contributed by atoms with van der Waals surface area (Å²) in [6.07, 6.45) is 1.89. The molecule has 0 radical (unpaired) electrons. The van der Waals surface area contributed by atoms with E-state index in [1.807, 2.05) is 18.6 Å². The average molecular weight is 212 g/mol. The van der Waals surface area contributed by atoms with Gasteiger partial charge in [0.2, 0.25) is 0 Å². The summed E-state index contributed by atoms with van der Waals surface area (Å²) < 4.78 is 0. The fourth-order valence-electron chi connectivity index (χ4n) is 1.17. The topological polar surface area (TPSA) is 45.8 Å². The number of aromatic nitrogens is 2. The maximum Gasteiger partial charge on any atom is 0.260 e. The Balaban J connectivity index is 2.87. The van der Waals surface area contributed by atoms with Crippen molar-refractivity contribution in [1.82, 2.24) is 9.97 Å². The number of thiophene rings is 1. The molecule has 0 saturated heterocycles. The van der Waals surface area contributed by atoms with Crippen molar-refractivity contribution < 1.29 is 0 Å². The monoisotopic (exact) mass is 212 g/mol. The molecule has 0 unspecified atom stereocenters. The van der Waals surface area contributed by atoms with Gasteiger partial charge in [-0.3, -0.25) is 4.79 Å². The summed E-state index contributed by atoms with van der Waals surface area (Å²) in [5.74, 6) is 0. The highest BCUT2D eigenvalue weighted by Crippen LogP contribution is 2.21. The van der Waals surface area contributed by atoms with Crippen molar-refractivity contribution in [2.24, 2.45) is 0 Å². The first-order valence-corrected chi connectivity index (χ1v) is 5.85. The summed E-state index contributed by atoms with van der Waals surface area (Å²) >= 11 is 2.96. The van der Waals surface area contributed by atoms with Gasteiger partial charge in [-0.1, -0.05) is 11.8 Å². The zero-order chi connectivity index (χ0) is 9.42. The molecular weight excluding hydrogens is 204 g/mol. The molecule has 5 heteroatoms. The van der Waals surface area contributed by atoms with Crippen molar-refractivity contribution in [2.45, 2.75) is 12.1 Å². The molecule has 0 saturated carbocycles. The molecular formula is C8H8N2OS2. The molecule has 13 heavy (non-hydrogen) atoms. The van der Waals surface area contributed by atoms with Gasteiger partial charge >= 0.3 is 0 Å². The Morgan fingerprint density at radius 3 is 3.08 bits per heavy atom. The third kappa shape index (κ3) is 1.38. The Hall–Kier alpha value is -0.810. The Morgan fingerprint density at radius 1 is 1.62 bits per heavy atom. The second-order valence-electron chi connectivity index (χ2n) is 2.67. The van der Waals surface area contributed by atoms with Gasteiger partial charge < -0.3 is 4.98 Å². The summed E-state index contributed by atoms with van der Waals surface area (Å²) in [7, 11) is 0. The van der Waals surface area contributed by atoms with Crippen LogP contribution in [0.3, 0.4) is 0 Å². The number of nitrogens with one attached hydrogen (secondary N) is 1. The van der Waals surface area contributed by atoms with Crippen LogP contribution in [-0.2, 0) is 0 Å². The molecule has 2 rings (SSSR count). The molecule has 0 aliphatic carbocycles. The molecule has 2 aromatic heterocycles. The zero-order valence-electron chi connectivity index (χ0n) is 7.25. The quantitative estimate of drug-likeness (QED) is 0.581. The standard InChI is InChI=1S/C8H8N2OS2/c1-4-3-13-7-5(4)6(11)9-8(10-7)12-2/h3H,1-2H3,(H,9,10,11). The Morgan fingerprint density at radius 2 is 2.38 bits per heavy atom. The number of H-pyrrole nitrogens is 1. The zero-order valence-corrected chi connectivity index (χ0v) is 8.88. The number of nitrogens with zero attached hydrogens (tertiary/aromatic N) is 1. The van der Waals surface area contributed by atoms with Crippen LogP contribution in [0.1, 0.15) is 5.56 Å². The van der Waals surface area contributed by atoms with E-state index in [0.717, 1.165) is 15.8 Å². The third-order valence-corrected chi connectivity index (χ3v) is 3.37. The molecule has 0 fully saturated rings. The van der Waals surface area contributed by atoms with Gasteiger partial charge in [-0.25, -0.2) is 4.98 Å². The van der Waals surface area contributed by atoms with E-state index >= 15 is 0 Å². The van der Waals surface area contributed by atoms with Gasteiger partial charge in [-0.15, -0.1) is 11.3 Å². The minimum absolute atomic E-state index is 0.0342. The predicted molar refractivity (Wildman–Crippen MR) is 56.8 cm³/mol. The highest BCUT2D eigenvalue weighted by Gasteiger charge is 2.07. The van der Waals surface area contributed by atoms with Crippen LogP contribution < -0.4 is 5.56 Å². The van der Waals surface area contributed by atoms with E-state index in [1.165, 1.54) is 23.1 Å². The summed E-state index contributed by atoms with van der Waals surface area (Å²) in [6, 6.07) is 0. The Bertz CT molecular complexity index is 500. The van der Waals surface area contributed by atoms with Crippen molar-refractivity contribution in [2.75, 3.05) is 6.26 Å². The van der Waals surface area contributed by atoms with E-state index in [4.69, 9.17) is 0 Å². The van der Waals surface area contributed by atoms with Crippen molar-refractivity contribution in [3.63, 3.8) is 0 Å². The molecule has 2 heterocycles. The number of fused-ring (bicyclic) bond motifs is 1. The molecule has 0 amide bonds. The molecule has 2 aromatic rings. The summed E-state index contributed by atoms with van der Waals surface area (Å²) in [6.45, 7) is 1.93. The van der Waals surface area contributed by atoms with Crippen LogP contribution in [0.5, 0.6) is 0 Å². The van der Waals surface area contributed by atoms with Crippen molar-refractivity contribution >= 4 is 33.3 Å². The van der Waals surface area contributed by atoms with Crippen LogP contribution in [0.15, 0.2) is 15.3 Å². The van der Waals surface area contributed by atoms with E-state index in [1.54, 1.807) is 0 Å². The second-order valence-corrected chi connectivity index (χ2v) is 4.33. The second kappa shape index (κ2) is 3.16. The van der Waals surface area contributed by atoms with E-state index < -0.39 is 0 Å². The predicted octanol–water partition coefficient (Wildman–Crippen LogP) is 2.01. The molecule has 0 spiro atoms. The lowest BCUT2D eigenvalue weighted by atomic mass is 10.3. The summed E-state index contributed by atoms with van der Waals surface area (Å²) in [4.78, 5) is 19.4. The first kappa shape index (κ1) is 8.77. The van der Waals surface area contributed by atoms with Crippen LogP contribution >= 0.6 is 23.1 Å². The SMILES string of the molecule is CSc1nc2scc(C)c2c(=O)[nH]1. The molecule has 0 aliphatic heterocycles. The maximum absolute atomic E-state index is 11.5. The minimum atomic E-state index is -0.0342. The molecule has 0 aromatic carbocycles. The lowest BCUT2D eigenvalue weighted by Crippen LogP contribution is -2.08. The van der Waals surface area contributed by atoms with Gasteiger partial charge in [0.25, 0.3) is 5.56 Å². The van der Waals surface area contributed by atoms with Crippen LogP contribution in [0, 0.1) is 6.92 Å². The fraction of sp³-hybridized carbons (Fsp3) is 0.250. The van der Waals surface area contributed by atoms with Crippen molar-refractivity contribution in [1.29, 1.82) is 0 Å². The van der Waals surface area contributed by atoms with Gasteiger partial charge in [0.05, 0.1) is 5.39 Å². The fourth-order valence-corrected chi connectivity index (χ4v) is 2.52. The molecule has 0 aliphatic rings. The summed E-state index contributed by atoms with van der Waals surface area (Å²) in [5, 5.41) is 3.36. The highest BCUT2D eigenvalue weighted by molar-refractivity contribution is 7.98. The number of aromatic amines is 1. The van der Waals surface area contributed by atoms with Gasteiger partial charge in [-0.05, 0) is 24.1 Å². The van der Waals surface area contributed by atoms with Crippen LogP contribution in [0.4, 0.5) is 0 Å². The number of aryl methyl sites for hydroxylation is 1. The third-order valence-electron chi connectivity index (χ3n) is 1.80. The van der Waals surface area contributed by atoms with Crippen LogP contribution in [0.2, 0.25) is 0 Å². The van der Waals surface area contributed by atoms with Gasteiger partial charge in [-0.2, -0.15) is 0 Å². The van der Waals surface area contributed by atoms with Crippen LogP contribution in [-0.4, -0.2) is 16.2 Å². The van der Waals surface area contributed by atoms with E-state index in [0.29, 0.717) is 5.16 Å². The molecule has 68 valence electrons. The average Bonchev–Trinajstić information content (AvgIpc) is 2.48. The molecule has 0 bridgehead atoms. The normalized spacial score (nSPS) is 10.9. The number of thioether (sulfide) groups is 1. The van der Waals surface area contributed by atoms with E-state index in [9.17, 15) is 4.79 Å². The molecule has 1 N–H and O–H groups in total. The largest absolute Gasteiger partial charge is 0.301 e. The lowest BCUT2D eigenvalue weighted by molar-refractivity contribution is 0.982. The maximum atomic E-state index is 11.5. The van der Waals surface area contributed by atoms with Crippen molar-refractivity contribution in [3.05, 3.63) is 21.3 Å². The molecule has 3 nitrogen and oxygen atoms in total. The highest BCUT2D eigenvalue weighted by atomic mass is 32.2. The van der Waals surface area contributed by atoms with Crippen molar-refractivity contribution in [3.8, 4) is 0 Å². The van der Waals surface area contributed by atoms with Gasteiger partial charge in [0.1, 0.15) is 4.83 Å². The smallest absolute Gasteiger partial charge is 0.260 e. The number of rotatable bonds is 1. The van der Waals surface area contributed by atoms with E-state index in [2.05, 4.69) is 9.97 Å². The Kier molecular flexibility index (Phi) is 2.13. The van der Waals surface area contributed by atoms with E-state index in [-0.39, 0.29) is 5.56 Å². The molecule has 0 atom stereocenters. The van der Waals surface area contributed by atoms with Gasteiger partial charge in [0, 0.05) is 0 Å². The first-order chi connectivity index (χ1) is 6.22. The lowest BCUT2D eigenvalue weighted by Gasteiger charge is -1.94. The number of hydrogen-bond donors (Lipinski definition) is 1. The minimum Gasteiger partial charge on any atom is -0.301 e. The first-order valence-electron chi connectivity index (χ1n) is 3.74.